The standard InChI is InChI=1S/C8H10ClN3O/c9-7-3-5(10)1-2-6(7)8(13)4-12-11/h1-3,12H,4,10-11H2. The lowest BCUT2D eigenvalue weighted by Gasteiger charge is -2.03. The van der Waals surface area contributed by atoms with Gasteiger partial charge in [0.05, 0.1) is 11.6 Å². The highest BCUT2D eigenvalue weighted by molar-refractivity contribution is 6.34. The summed E-state index contributed by atoms with van der Waals surface area (Å²) in [5, 5.41) is 0.347. The maximum Gasteiger partial charge on any atom is 0.179 e. The molecule has 0 spiro atoms. The number of Topliss-reactive ketones (excluding diaryl/α,β-unsaturated/α-hetero) is 1. The summed E-state index contributed by atoms with van der Waals surface area (Å²) in [6.07, 6.45) is 0. The summed E-state index contributed by atoms with van der Waals surface area (Å²) >= 11 is 5.79. The zero-order valence-corrected chi connectivity index (χ0v) is 7.64. The lowest BCUT2D eigenvalue weighted by atomic mass is 10.1. The Bertz CT molecular complexity index is 327. The lowest BCUT2D eigenvalue weighted by Crippen LogP contribution is -2.29. The van der Waals surface area contributed by atoms with Crippen LogP contribution in [0.2, 0.25) is 5.02 Å². The lowest BCUT2D eigenvalue weighted by molar-refractivity contribution is 0.0991. The largest absolute Gasteiger partial charge is 0.399 e. The first-order chi connectivity index (χ1) is 6.15. The van der Waals surface area contributed by atoms with E-state index in [1.54, 1.807) is 12.1 Å². The van der Waals surface area contributed by atoms with E-state index in [-0.39, 0.29) is 12.3 Å². The van der Waals surface area contributed by atoms with E-state index in [2.05, 4.69) is 5.43 Å². The molecule has 13 heavy (non-hydrogen) atoms. The summed E-state index contributed by atoms with van der Waals surface area (Å²) < 4.78 is 0. The normalized spacial score (nSPS) is 10.0. The van der Waals surface area contributed by atoms with Gasteiger partial charge in [0.2, 0.25) is 0 Å². The summed E-state index contributed by atoms with van der Waals surface area (Å²) in [7, 11) is 0. The maximum absolute atomic E-state index is 11.3. The van der Waals surface area contributed by atoms with Crippen LogP contribution in [-0.2, 0) is 0 Å². The van der Waals surface area contributed by atoms with Crippen molar-refractivity contribution in [3.05, 3.63) is 28.8 Å². The van der Waals surface area contributed by atoms with E-state index in [1.807, 2.05) is 0 Å². The van der Waals surface area contributed by atoms with Crippen molar-refractivity contribution in [2.45, 2.75) is 0 Å². The van der Waals surface area contributed by atoms with Gasteiger partial charge in [-0.3, -0.25) is 16.1 Å². The summed E-state index contributed by atoms with van der Waals surface area (Å²) in [6.45, 7) is 0.0592. The smallest absolute Gasteiger partial charge is 0.179 e. The Labute approximate surface area is 80.8 Å². The topological polar surface area (TPSA) is 81.1 Å². The average Bonchev–Trinajstić information content (AvgIpc) is 2.04. The van der Waals surface area contributed by atoms with Crippen LogP contribution in [-0.4, -0.2) is 12.3 Å². The summed E-state index contributed by atoms with van der Waals surface area (Å²) in [5.41, 5.74) is 8.69. The summed E-state index contributed by atoms with van der Waals surface area (Å²) in [6, 6.07) is 4.73. The van der Waals surface area contributed by atoms with Crippen molar-refractivity contribution in [3.63, 3.8) is 0 Å². The van der Waals surface area contributed by atoms with Crippen LogP contribution in [0.3, 0.4) is 0 Å². The van der Waals surface area contributed by atoms with Gasteiger partial charge in [0.1, 0.15) is 0 Å². The molecule has 0 saturated carbocycles. The van der Waals surface area contributed by atoms with Crippen LogP contribution in [0.25, 0.3) is 0 Å². The molecule has 0 aliphatic carbocycles. The second-order valence-corrected chi connectivity index (χ2v) is 2.95. The number of benzene rings is 1. The average molecular weight is 200 g/mol. The van der Waals surface area contributed by atoms with Gasteiger partial charge in [-0.1, -0.05) is 11.6 Å². The highest BCUT2D eigenvalue weighted by Gasteiger charge is 2.08. The molecule has 0 amide bonds. The maximum atomic E-state index is 11.3. The molecule has 4 nitrogen and oxygen atoms in total. The molecule has 0 aliphatic rings. The molecule has 1 aromatic carbocycles. The highest BCUT2D eigenvalue weighted by Crippen LogP contribution is 2.19. The number of ketones is 1. The minimum absolute atomic E-state index is 0.0592. The Kier molecular flexibility index (Phi) is 3.25. The molecule has 0 bridgehead atoms. The zero-order valence-electron chi connectivity index (χ0n) is 6.88. The Balaban J connectivity index is 2.95. The molecule has 1 aromatic rings. The predicted octanol–water partition coefficient (Wildman–Crippen LogP) is 0.568. The van der Waals surface area contributed by atoms with E-state index in [1.165, 1.54) is 6.07 Å². The molecule has 0 fully saturated rings. The van der Waals surface area contributed by atoms with Crippen molar-refractivity contribution >= 4 is 23.1 Å². The van der Waals surface area contributed by atoms with Gasteiger partial charge in [0.25, 0.3) is 0 Å². The van der Waals surface area contributed by atoms with Crippen molar-refractivity contribution < 1.29 is 4.79 Å². The Morgan fingerprint density at radius 3 is 2.77 bits per heavy atom. The SMILES string of the molecule is NNCC(=O)c1ccc(N)cc1Cl. The number of halogens is 1. The monoisotopic (exact) mass is 199 g/mol. The van der Waals surface area contributed by atoms with Gasteiger partial charge in [-0.05, 0) is 18.2 Å². The number of carbonyl (C=O) groups is 1. The molecule has 0 unspecified atom stereocenters. The molecule has 70 valence electrons. The third kappa shape index (κ3) is 2.42. The van der Waals surface area contributed by atoms with E-state index in [9.17, 15) is 4.79 Å². The first kappa shape index (κ1) is 9.98. The second-order valence-electron chi connectivity index (χ2n) is 2.54. The number of nitrogens with two attached hydrogens (primary N) is 2. The molecule has 1 rings (SSSR count). The Morgan fingerprint density at radius 2 is 2.23 bits per heavy atom. The molecular weight excluding hydrogens is 190 g/mol. The van der Waals surface area contributed by atoms with Crippen LogP contribution < -0.4 is 17.0 Å². The number of rotatable bonds is 3. The van der Waals surface area contributed by atoms with Gasteiger partial charge in [0, 0.05) is 11.3 Å². The van der Waals surface area contributed by atoms with Gasteiger partial charge < -0.3 is 5.73 Å². The van der Waals surface area contributed by atoms with Gasteiger partial charge in [-0.25, -0.2) is 0 Å². The summed E-state index contributed by atoms with van der Waals surface area (Å²) in [5.74, 6) is 4.85. The fourth-order valence-corrected chi connectivity index (χ4v) is 1.24. The second kappa shape index (κ2) is 4.23. The molecular formula is C8H10ClN3O. The minimum Gasteiger partial charge on any atom is -0.399 e. The molecule has 0 heterocycles. The van der Waals surface area contributed by atoms with Crippen molar-refractivity contribution in [1.29, 1.82) is 0 Å². The number of nitrogens with one attached hydrogen (secondary N) is 1. The third-order valence-corrected chi connectivity index (χ3v) is 1.87. The first-order valence-corrected chi connectivity index (χ1v) is 4.04. The van der Waals surface area contributed by atoms with Gasteiger partial charge >= 0.3 is 0 Å². The van der Waals surface area contributed by atoms with Crippen LogP contribution in [0.1, 0.15) is 10.4 Å². The minimum atomic E-state index is -0.160. The predicted molar refractivity (Wildman–Crippen MR) is 52.4 cm³/mol. The van der Waals surface area contributed by atoms with Crippen LogP contribution in [0, 0.1) is 0 Å². The number of nitrogen functional groups attached to an aromatic ring is 1. The van der Waals surface area contributed by atoms with E-state index in [0.29, 0.717) is 16.3 Å². The van der Waals surface area contributed by atoms with Crippen molar-refractivity contribution in [3.8, 4) is 0 Å². The van der Waals surface area contributed by atoms with Crippen LogP contribution in [0.5, 0.6) is 0 Å². The number of anilines is 1. The first-order valence-electron chi connectivity index (χ1n) is 3.67. The third-order valence-electron chi connectivity index (χ3n) is 1.56. The van der Waals surface area contributed by atoms with Crippen LogP contribution in [0.4, 0.5) is 5.69 Å². The van der Waals surface area contributed by atoms with Gasteiger partial charge in [-0.15, -0.1) is 0 Å². The van der Waals surface area contributed by atoms with Gasteiger partial charge in [-0.2, -0.15) is 0 Å². The molecule has 5 N–H and O–H groups in total. The molecule has 0 radical (unpaired) electrons. The molecule has 0 aliphatic heterocycles. The van der Waals surface area contributed by atoms with E-state index in [0.717, 1.165) is 0 Å². The van der Waals surface area contributed by atoms with E-state index >= 15 is 0 Å². The molecule has 5 heteroatoms. The number of hydrazine groups is 1. The number of carbonyl (C=O) groups excluding carboxylic acids is 1. The van der Waals surface area contributed by atoms with Crippen molar-refractivity contribution in [1.82, 2.24) is 5.43 Å². The van der Waals surface area contributed by atoms with E-state index < -0.39 is 0 Å². The molecule has 0 aromatic heterocycles. The number of hydrogen-bond donors (Lipinski definition) is 3. The van der Waals surface area contributed by atoms with Crippen LogP contribution in [0.15, 0.2) is 18.2 Å². The van der Waals surface area contributed by atoms with E-state index in [4.69, 9.17) is 23.2 Å². The molecule has 0 saturated heterocycles. The van der Waals surface area contributed by atoms with Crippen molar-refractivity contribution in [2.24, 2.45) is 5.84 Å². The molecule has 0 atom stereocenters. The summed E-state index contributed by atoms with van der Waals surface area (Å²) in [4.78, 5) is 11.3. The quantitative estimate of drug-likeness (QED) is 0.288. The Morgan fingerprint density at radius 1 is 1.54 bits per heavy atom. The number of hydrogen-bond acceptors (Lipinski definition) is 4. The van der Waals surface area contributed by atoms with Crippen LogP contribution >= 0.6 is 11.6 Å². The zero-order chi connectivity index (χ0) is 9.84. The Hall–Kier alpha value is -1.10. The van der Waals surface area contributed by atoms with Crippen molar-refractivity contribution in [2.75, 3.05) is 12.3 Å². The fraction of sp³-hybridized carbons (Fsp3) is 0.125. The highest BCUT2D eigenvalue weighted by atomic mass is 35.5. The van der Waals surface area contributed by atoms with Gasteiger partial charge in [0.15, 0.2) is 5.78 Å². The fourth-order valence-electron chi connectivity index (χ4n) is 0.945.